The highest BCUT2D eigenvalue weighted by molar-refractivity contribution is 5.94. The molecule has 84 valence electrons. The van der Waals surface area contributed by atoms with Gasteiger partial charge in [0.1, 0.15) is 5.69 Å². The van der Waals surface area contributed by atoms with Crippen LogP contribution >= 0.6 is 0 Å². The maximum Gasteiger partial charge on any atom is 0.262 e. The number of ether oxygens (including phenoxy) is 1. The predicted octanol–water partition coefficient (Wildman–Crippen LogP) is 2.38. The van der Waals surface area contributed by atoms with E-state index in [0.29, 0.717) is 11.6 Å². The van der Waals surface area contributed by atoms with Crippen molar-refractivity contribution in [1.82, 2.24) is 4.98 Å². The zero-order valence-electron chi connectivity index (χ0n) is 9.33. The number of aryl methyl sites for hydroxylation is 1. The molecule has 2 rings (SSSR count). The molecule has 0 saturated carbocycles. The van der Waals surface area contributed by atoms with Gasteiger partial charge in [0.25, 0.3) is 5.91 Å². The Morgan fingerprint density at radius 3 is 2.93 bits per heavy atom. The maximum absolute atomic E-state index is 10.9. The molecule has 4 heteroatoms. The lowest BCUT2D eigenvalue weighted by Crippen LogP contribution is -2.25. The molecule has 1 aliphatic heterocycles. The maximum atomic E-state index is 10.9. The topological polar surface area (TPSA) is 51.2 Å². The smallest absolute Gasteiger partial charge is 0.262 e. The van der Waals surface area contributed by atoms with E-state index >= 15 is 0 Å². The van der Waals surface area contributed by atoms with E-state index in [1.54, 1.807) is 6.20 Å². The van der Waals surface area contributed by atoms with E-state index in [9.17, 15) is 4.79 Å². The van der Waals surface area contributed by atoms with Crippen LogP contribution in [0.25, 0.3) is 0 Å². The number of anilines is 1. The largest absolute Gasteiger partial charge is 0.466 e. The number of rotatable bonds is 0. The molecule has 0 aromatic carbocycles. The molecular weight excluding hydrogens is 192 g/mol. The Morgan fingerprint density at radius 2 is 2.27 bits per heavy atom. The Hall–Kier alpha value is -1.58. The first-order valence-corrected chi connectivity index (χ1v) is 5.06. The number of fused-ring (bicyclic) bond motifs is 1. The number of carbonyl (C=O) groups excluding carboxylic acids is 1. The average molecular weight is 210 g/mol. The third-order valence-electron chi connectivity index (χ3n) is 1.60. The van der Waals surface area contributed by atoms with Crippen molar-refractivity contribution in [3.8, 4) is 5.88 Å². The van der Waals surface area contributed by atoms with E-state index in [1.165, 1.54) is 6.42 Å². The van der Waals surface area contributed by atoms with Crippen LogP contribution in [0.1, 0.15) is 27.3 Å². The van der Waals surface area contributed by atoms with Gasteiger partial charge in [-0.15, -0.1) is 0 Å². The van der Waals surface area contributed by atoms with E-state index < -0.39 is 0 Å². The van der Waals surface area contributed by atoms with Gasteiger partial charge in [0.15, 0.2) is 6.61 Å². The summed E-state index contributed by atoms with van der Waals surface area (Å²) in [7, 11) is 0. The summed E-state index contributed by atoms with van der Waals surface area (Å²) in [5.74, 6) is 0.370. The van der Waals surface area contributed by atoms with Gasteiger partial charge in [-0.25, -0.2) is 4.98 Å². The van der Waals surface area contributed by atoms with Gasteiger partial charge in [-0.3, -0.25) is 4.79 Å². The second-order valence-corrected chi connectivity index (χ2v) is 3.41. The number of amides is 1. The Kier molecular flexibility index (Phi) is 4.09. The van der Waals surface area contributed by atoms with Crippen molar-refractivity contribution >= 4 is 11.6 Å². The van der Waals surface area contributed by atoms with Crippen molar-refractivity contribution in [2.45, 2.75) is 27.2 Å². The first kappa shape index (κ1) is 11.5. The van der Waals surface area contributed by atoms with Crippen molar-refractivity contribution in [1.29, 1.82) is 0 Å². The molecule has 0 aliphatic carbocycles. The summed E-state index contributed by atoms with van der Waals surface area (Å²) in [4.78, 5) is 14.9. The van der Waals surface area contributed by atoms with Crippen LogP contribution in [-0.2, 0) is 4.79 Å². The van der Waals surface area contributed by atoms with Crippen molar-refractivity contribution in [3.05, 3.63) is 17.8 Å². The first-order valence-electron chi connectivity index (χ1n) is 5.06. The van der Waals surface area contributed by atoms with Gasteiger partial charge in [0.2, 0.25) is 5.88 Å². The summed E-state index contributed by atoms with van der Waals surface area (Å²) < 4.78 is 5.07. The molecule has 0 radical (unpaired) electrons. The van der Waals surface area contributed by atoms with Crippen LogP contribution in [0.5, 0.6) is 5.88 Å². The lowest BCUT2D eigenvalue weighted by Gasteiger charge is -2.16. The second-order valence-electron chi connectivity index (χ2n) is 3.41. The fourth-order valence-electron chi connectivity index (χ4n) is 1.08. The lowest BCUT2D eigenvalue weighted by atomic mass is 10.3. The molecule has 2 heterocycles. The Bertz CT molecular complexity index is 356. The number of hydrogen-bond donors (Lipinski definition) is 1. The fraction of sp³-hybridized carbons (Fsp3) is 0.455. The van der Waals surface area contributed by atoms with Gasteiger partial charge >= 0.3 is 0 Å². The molecule has 1 aromatic heterocycles. The number of pyridine rings is 1. The predicted molar refractivity (Wildman–Crippen MR) is 61.2 cm³/mol. The molecule has 0 fully saturated rings. The van der Waals surface area contributed by atoms with Gasteiger partial charge in [-0.05, 0) is 18.6 Å². The molecule has 4 nitrogen and oxygen atoms in total. The third kappa shape index (κ3) is 3.23. The Morgan fingerprint density at radius 1 is 1.60 bits per heavy atom. The molecular formula is C11H18N2O2. The van der Waals surface area contributed by atoms with Crippen LogP contribution in [0, 0.1) is 6.92 Å². The highest BCUT2D eigenvalue weighted by atomic mass is 16.5. The zero-order chi connectivity index (χ0) is 11.3. The summed E-state index contributed by atoms with van der Waals surface area (Å²) in [6.07, 6.45) is 2.95. The number of nitrogens with zero attached hydrogens (tertiary/aromatic N) is 1. The number of hydrogen-bond acceptors (Lipinski definition) is 3. The van der Waals surface area contributed by atoms with Crippen LogP contribution in [-0.4, -0.2) is 17.5 Å². The van der Waals surface area contributed by atoms with Crippen LogP contribution in [0.3, 0.4) is 0 Å². The van der Waals surface area contributed by atoms with E-state index in [4.69, 9.17) is 4.74 Å². The number of nitrogens with one attached hydrogen (secondary N) is 1. The Labute approximate surface area is 91.2 Å². The zero-order valence-corrected chi connectivity index (χ0v) is 9.33. The van der Waals surface area contributed by atoms with Gasteiger partial charge < -0.3 is 10.1 Å². The standard InChI is InChI=1S/C8H8N2O2.C3H8.H2/c1-5-2-6-8(9-3-5)12-4-7(11)10-6;1-3-2;/h2-3H,4H2,1H3,(H,10,11);3H2,1-2H3;1H. The summed E-state index contributed by atoms with van der Waals surface area (Å²) >= 11 is 0. The first-order chi connectivity index (χ1) is 7.17. The SMILES string of the molecule is CCC.Cc1cnc2c(c1)NC(=O)CO2.[HH]. The second kappa shape index (κ2) is 5.34. The molecule has 1 amide bonds. The van der Waals surface area contributed by atoms with Crippen molar-refractivity contribution in [3.63, 3.8) is 0 Å². The Balaban J connectivity index is 0.000000511. The molecule has 1 aliphatic rings. The fourth-order valence-corrected chi connectivity index (χ4v) is 1.08. The number of carbonyl (C=O) groups is 1. The lowest BCUT2D eigenvalue weighted by molar-refractivity contribution is -0.118. The van der Waals surface area contributed by atoms with Crippen molar-refractivity contribution in [2.24, 2.45) is 0 Å². The van der Waals surface area contributed by atoms with Gasteiger partial charge in [0.05, 0.1) is 0 Å². The molecule has 0 unspecified atom stereocenters. The van der Waals surface area contributed by atoms with Crippen LogP contribution in [0.2, 0.25) is 0 Å². The van der Waals surface area contributed by atoms with Crippen LogP contribution < -0.4 is 10.1 Å². The molecule has 0 spiro atoms. The van der Waals surface area contributed by atoms with Crippen LogP contribution in [0.4, 0.5) is 5.69 Å². The van der Waals surface area contributed by atoms with E-state index in [2.05, 4.69) is 24.1 Å². The average Bonchev–Trinajstić information content (AvgIpc) is 2.18. The van der Waals surface area contributed by atoms with Crippen molar-refractivity contribution in [2.75, 3.05) is 11.9 Å². The summed E-state index contributed by atoms with van der Waals surface area (Å²) in [6.45, 7) is 6.22. The van der Waals surface area contributed by atoms with E-state index in [0.717, 1.165) is 5.56 Å². The molecule has 15 heavy (non-hydrogen) atoms. The minimum absolute atomic E-state index is 0. The minimum atomic E-state index is -0.130. The molecule has 1 N–H and O–H groups in total. The van der Waals surface area contributed by atoms with Gasteiger partial charge in [-0.1, -0.05) is 20.3 Å². The van der Waals surface area contributed by atoms with E-state index in [1.807, 2.05) is 13.0 Å². The quantitative estimate of drug-likeness (QED) is 0.715. The highest BCUT2D eigenvalue weighted by Crippen LogP contribution is 2.24. The minimum Gasteiger partial charge on any atom is -0.466 e. The molecule has 0 atom stereocenters. The molecule has 1 aromatic rings. The van der Waals surface area contributed by atoms with Crippen LogP contribution in [0.15, 0.2) is 12.3 Å². The summed E-state index contributed by atoms with van der Waals surface area (Å²) in [5.41, 5.74) is 1.66. The molecule has 0 bridgehead atoms. The van der Waals surface area contributed by atoms with Gasteiger partial charge in [-0.2, -0.15) is 0 Å². The summed E-state index contributed by atoms with van der Waals surface area (Å²) in [5, 5.41) is 2.67. The van der Waals surface area contributed by atoms with Crippen molar-refractivity contribution < 1.29 is 11.0 Å². The van der Waals surface area contributed by atoms with Gasteiger partial charge in [0, 0.05) is 7.62 Å². The third-order valence-corrected chi connectivity index (χ3v) is 1.60. The summed E-state index contributed by atoms with van der Waals surface area (Å²) in [6, 6.07) is 1.83. The normalized spacial score (nSPS) is 12.9. The number of aromatic nitrogens is 1. The van der Waals surface area contributed by atoms with E-state index in [-0.39, 0.29) is 13.9 Å². The molecule has 0 saturated heterocycles. The monoisotopic (exact) mass is 210 g/mol. The highest BCUT2D eigenvalue weighted by Gasteiger charge is 2.16.